The van der Waals surface area contributed by atoms with Crippen molar-refractivity contribution in [3.05, 3.63) is 18.5 Å². The first-order valence-corrected chi connectivity index (χ1v) is 6.39. The molecule has 118 valence electrons. The summed E-state index contributed by atoms with van der Waals surface area (Å²) in [6.07, 6.45) is 4.31. The van der Waals surface area contributed by atoms with E-state index in [-0.39, 0.29) is 42.3 Å². The number of carbonyl (C=O) groups is 1. The van der Waals surface area contributed by atoms with Gasteiger partial charge in [-0.05, 0) is 32.3 Å². The summed E-state index contributed by atoms with van der Waals surface area (Å²) in [5.74, 6) is 0.436. The number of halogens is 2. The molecule has 0 radical (unpaired) electrons. The van der Waals surface area contributed by atoms with Crippen LogP contribution in [0.2, 0.25) is 0 Å². The van der Waals surface area contributed by atoms with E-state index >= 15 is 0 Å². The zero-order valence-electron chi connectivity index (χ0n) is 12.5. The first-order valence-electron chi connectivity index (χ1n) is 6.39. The minimum atomic E-state index is -0.355. The van der Waals surface area contributed by atoms with E-state index in [2.05, 4.69) is 24.3 Å². The maximum atomic E-state index is 12.2. The van der Waals surface area contributed by atoms with E-state index in [9.17, 15) is 4.79 Å². The Morgan fingerprint density at radius 3 is 2.40 bits per heavy atom. The van der Waals surface area contributed by atoms with Crippen molar-refractivity contribution in [2.45, 2.75) is 45.7 Å². The standard InChI is InChI=1S/C13H24N4O.2ClH/c1-10(2)8-13(4,9-14)16-12(18)11(3)17-7-5-6-15-17;;/h5-7,10-11H,8-9,14H2,1-4H3,(H,16,18);2*1H. The summed E-state index contributed by atoms with van der Waals surface area (Å²) in [5.41, 5.74) is 5.43. The molecule has 5 nitrogen and oxygen atoms in total. The van der Waals surface area contributed by atoms with Crippen LogP contribution in [0.25, 0.3) is 0 Å². The van der Waals surface area contributed by atoms with Crippen LogP contribution in [0.4, 0.5) is 0 Å². The molecule has 3 N–H and O–H groups in total. The van der Waals surface area contributed by atoms with Crippen LogP contribution in [-0.2, 0) is 4.79 Å². The van der Waals surface area contributed by atoms with Crippen LogP contribution >= 0.6 is 24.8 Å². The molecule has 2 atom stereocenters. The second-order valence-corrected chi connectivity index (χ2v) is 5.51. The van der Waals surface area contributed by atoms with E-state index in [1.165, 1.54) is 0 Å². The minimum absolute atomic E-state index is 0. The van der Waals surface area contributed by atoms with Crippen molar-refractivity contribution in [2.24, 2.45) is 11.7 Å². The number of rotatable bonds is 6. The third-order valence-electron chi connectivity index (χ3n) is 3.04. The molecule has 1 rings (SSSR count). The van der Waals surface area contributed by atoms with Crippen molar-refractivity contribution in [1.29, 1.82) is 0 Å². The lowest BCUT2D eigenvalue weighted by Gasteiger charge is -2.32. The lowest BCUT2D eigenvalue weighted by molar-refractivity contribution is -0.126. The number of amides is 1. The molecule has 20 heavy (non-hydrogen) atoms. The van der Waals surface area contributed by atoms with Gasteiger partial charge in [-0.25, -0.2) is 0 Å². The number of hydrogen-bond donors (Lipinski definition) is 2. The molecule has 1 aromatic heterocycles. The van der Waals surface area contributed by atoms with E-state index in [0.717, 1.165) is 6.42 Å². The predicted molar refractivity (Wildman–Crippen MR) is 86.5 cm³/mol. The molecule has 7 heteroatoms. The Kier molecular flexibility index (Phi) is 9.91. The van der Waals surface area contributed by atoms with Gasteiger partial charge < -0.3 is 11.1 Å². The van der Waals surface area contributed by atoms with Gasteiger partial charge in [0.05, 0.1) is 0 Å². The fraction of sp³-hybridized carbons (Fsp3) is 0.692. The Morgan fingerprint density at radius 2 is 2.00 bits per heavy atom. The summed E-state index contributed by atoms with van der Waals surface area (Å²) in [4.78, 5) is 12.2. The number of nitrogens with two attached hydrogens (primary N) is 1. The highest BCUT2D eigenvalue weighted by atomic mass is 35.5. The topological polar surface area (TPSA) is 72.9 Å². The zero-order chi connectivity index (χ0) is 13.8. The first kappa shape index (κ1) is 21.5. The van der Waals surface area contributed by atoms with E-state index in [4.69, 9.17) is 5.73 Å². The Morgan fingerprint density at radius 1 is 1.40 bits per heavy atom. The van der Waals surface area contributed by atoms with Gasteiger partial charge in [-0.1, -0.05) is 13.8 Å². The summed E-state index contributed by atoms with van der Waals surface area (Å²) in [7, 11) is 0. The molecule has 2 unspecified atom stereocenters. The monoisotopic (exact) mass is 324 g/mol. The van der Waals surface area contributed by atoms with Crippen LogP contribution in [0.3, 0.4) is 0 Å². The first-order chi connectivity index (χ1) is 8.38. The van der Waals surface area contributed by atoms with Gasteiger partial charge >= 0.3 is 0 Å². The van der Waals surface area contributed by atoms with E-state index in [0.29, 0.717) is 12.5 Å². The van der Waals surface area contributed by atoms with Gasteiger partial charge in [-0.2, -0.15) is 5.10 Å². The summed E-state index contributed by atoms with van der Waals surface area (Å²) in [5, 5.41) is 7.12. The molecule has 1 amide bonds. The van der Waals surface area contributed by atoms with Gasteiger partial charge in [-0.3, -0.25) is 9.48 Å². The van der Waals surface area contributed by atoms with Gasteiger partial charge in [0, 0.05) is 24.5 Å². The molecule has 0 spiro atoms. The fourth-order valence-corrected chi connectivity index (χ4v) is 2.12. The molecule has 0 bridgehead atoms. The number of aromatic nitrogens is 2. The fourth-order valence-electron chi connectivity index (χ4n) is 2.12. The third-order valence-corrected chi connectivity index (χ3v) is 3.04. The lowest BCUT2D eigenvalue weighted by Crippen LogP contribution is -2.53. The molecule has 0 saturated heterocycles. The highest BCUT2D eigenvalue weighted by Gasteiger charge is 2.28. The SMILES string of the molecule is CC(C)CC(C)(CN)NC(=O)C(C)n1cccn1.Cl.Cl. The van der Waals surface area contributed by atoms with E-state index < -0.39 is 0 Å². The molecular formula is C13H26Cl2N4O. The summed E-state index contributed by atoms with van der Waals surface area (Å²) >= 11 is 0. The van der Waals surface area contributed by atoms with Crippen molar-refractivity contribution < 1.29 is 4.79 Å². The largest absolute Gasteiger partial charge is 0.348 e. The molecular weight excluding hydrogens is 299 g/mol. The highest BCUT2D eigenvalue weighted by Crippen LogP contribution is 2.16. The van der Waals surface area contributed by atoms with E-state index in [1.54, 1.807) is 23.1 Å². The molecule has 1 aromatic rings. The average Bonchev–Trinajstić information content (AvgIpc) is 2.80. The number of nitrogens with zero attached hydrogens (tertiary/aromatic N) is 2. The van der Waals surface area contributed by atoms with Crippen LogP contribution in [0.5, 0.6) is 0 Å². The van der Waals surface area contributed by atoms with Crippen LogP contribution in [0.1, 0.15) is 40.2 Å². The van der Waals surface area contributed by atoms with Crippen LogP contribution in [-0.4, -0.2) is 27.8 Å². The predicted octanol–water partition coefficient (Wildman–Crippen LogP) is 2.17. The maximum Gasteiger partial charge on any atom is 0.245 e. The molecule has 0 aliphatic heterocycles. The quantitative estimate of drug-likeness (QED) is 0.842. The molecule has 0 aromatic carbocycles. The Hall–Kier alpha value is -0.780. The lowest BCUT2D eigenvalue weighted by atomic mass is 9.90. The van der Waals surface area contributed by atoms with Gasteiger partial charge in [0.2, 0.25) is 5.91 Å². The summed E-state index contributed by atoms with van der Waals surface area (Å²) in [6, 6.07) is 1.48. The number of nitrogens with one attached hydrogen (secondary N) is 1. The minimum Gasteiger partial charge on any atom is -0.348 e. The normalized spacial score (nSPS) is 14.7. The zero-order valence-corrected chi connectivity index (χ0v) is 14.1. The maximum absolute atomic E-state index is 12.2. The number of carbonyl (C=O) groups excluding carboxylic acids is 1. The third kappa shape index (κ3) is 6.11. The van der Waals surface area contributed by atoms with Crippen LogP contribution in [0, 0.1) is 5.92 Å². The van der Waals surface area contributed by atoms with Gasteiger partial charge in [0.25, 0.3) is 0 Å². The molecule has 1 heterocycles. The number of hydrogen-bond acceptors (Lipinski definition) is 3. The van der Waals surface area contributed by atoms with Crippen LogP contribution in [0.15, 0.2) is 18.5 Å². The molecule has 0 aliphatic rings. The van der Waals surface area contributed by atoms with Crippen molar-refractivity contribution in [3.8, 4) is 0 Å². The van der Waals surface area contributed by atoms with Crippen molar-refractivity contribution in [2.75, 3.05) is 6.54 Å². The Balaban J connectivity index is 0. The van der Waals surface area contributed by atoms with Crippen molar-refractivity contribution >= 4 is 30.7 Å². The second kappa shape index (κ2) is 9.21. The highest BCUT2D eigenvalue weighted by molar-refractivity contribution is 5.85. The average molecular weight is 325 g/mol. The molecule has 0 fully saturated rings. The molecule has 0 aliphatic carbocycles. The summed E-state index contributed by atoms with van der Waals surface area (Å²) < 4.78 is 1.64. The van der Waals surface area contributed by atoms with E-state index in [1.807, 2.05) is 13.8 Å². The summed E-state index contributed by atoms with van der Waals surface area (Å²) in [6.45, 7) is 8.49. The van der Waals surface area contributed by atoms with Gasteiger partial charge in [-0.15, -0.1) is 24.8 Å². The Bertz CT molecular complexity index is 384. The van der Waals surface area contributed by atoms with Gasteiger partial charge in [0.1, 0.15) is 6.04 Å². The van der Waals surface area contributed by atoms with Crippen molar-refractivity contribution in [3.63, 3.8) is 0 Å². The van der Waals surface area contributed by atoms with Crippen LogP contribution < -0.4 is 11.1 Å². The van der Waals surface area contributed by atoms with Crippen molar-refractivity contribution in [1.82, 2.24) is 15.1 Å². The smallest absolute Gasteiger partial charge is 0.245 e. The molecule has 0 saturated carbocycles. The Labute approximate surface area is 133 Å². The van der Waals surface area contributed by atoms with Gasteiger partial charge in [0.15, 0.2) is 0 Å². The second-order valence-electron chi connectivity index (χ2n) is 5.51.